The number of carbonyl (C=O) groups is 1. The van der Waals surface area contributed by atoms with Gasteiger partial charge < -0.3 is 4.74 Å². The molecule has 0 amide bonds. The summed E-state index contributed by atoms with van der Waals surface area (Å²) in [6.45, 7) is 2.12. The molecule has 0 bridgehead atoms. The number of benzene rings is 1. The van der Waals surface area contributed by atoms with Crippen LogP contribution in [0.1, 0.15) is 36.5 Å². The van der Waals surface area contributed by atoms with E-state index in [-0.39, 0.29) is 5.78 Å². The molecule has 1 aromatic rings. The Morgan fingerprint density at radius 1 is 1.25 bits per heavy atom. The van der Waals surface area contributed by atoms with Crippen molar-refractivity contribution in [2.24, 2.45) is 0 Å². The Morgan fingerprint density at radius 3 is 2.50 bits per heavy atom. The molecular formula is C14H18O2. The van der Waals surface area contributed by atoms with Crippen LogP contribution in [0.2, 0.25) is 0 Å². The maximum atomic E-state index is 11.7. The van der Waals surface area contributed by atoms with Crippen LogP contribution in [0.5, 0.6) is 5.75 Å². The van der Waals surface area contributed by atoms with E-state index in [1.54, 1.807) is 19.2 Å². The lowest BCUT2D eigenvalue weighted by atomic mass is 10.1. The van der Waals surface area contributed by atoms with Gasteiger partial charge in [-0.15, -0.1) is 0 Å². The van der Waals surface area contributed by atoms with E-state index >= 15 is 0 Å². The van der Waals surface area contributed by atoms with Crippen molar-refractivity contribution < 1.29 is 9.53 Å². The fourth-order valence-electron chi connectivity index (χ4n) is 1.37. The molecule has 0 fully saturated rings. The van der Waals surface area contributed by atoms with E-state index in [9.17, 15) is 4.79 Å². The fraction of sp³-hybridized carbons (Fsp3) is 0.357. The molecule has 1 aromatic carbocycles. The average molecular weight is 218 g/mol. The molecule has 0 unspecified atom stereocenters. The molecule has 0 aliphatic carbocycles. The van der Waals surface area contributed by atoms with Crippen LogP contribution in [-0.4, -0.2) is 12.9 Å². The highest BCUT2D eigenvalue weighted by Crippen LogP contribution is 2.12. The smallest absolute Gasteiger partial charge is 0.166 e. The highest BCUT2D eigenvalue weighted by atomic mass is 16.5. The van der Waals surface area contributed by atoms with Crippen LogP contribution in [0.3, 0.4) is 0 Å². The van der Waals surface area contributed by atoms with Gasteiger partial charge in [0.15, 0.2) is 5.78 Å². The molecular weight excluding hydrogens is 200 g/mol. The Labute approximate surface area is 96.9 Å². The summed E-state index contributed by atoms with van der Waals surface area (Å²) >= 11 is 0. The van der Waals surface area contributed by atoms with Gasteiger partial charge in [0.05, 0.1) is 7.11 Å². The third-order valence-corrected chi connectivity index (χ3v) is 2.34. The summed E-state index contributed by atoms with van der Waals surface area (Å²) in [5.74, 6) is 0.924. The number of hydrogen-bond donors (Lipinski definition) is 0. The third kappa shape index (κ3) is 3.89. The van der Waals surface area contributed by atoms with Gasteiger partial charge in [-0.25, -0.2) is 0 Å². The number of ether oxygens (including phenoxy) is 1. The van der Waals surface area contributed by atoms with E-state index in [1.807, 2.05) is 18.2 Å². The molecule has 0 radical (unpaired) electrons. The van der Waals surface area contributed by atoms with E-state index < -0.39 is 0 Å². The second-order valence-corrected chi connectivity index (χ2v) is 3.62. The van der Waals surface area contributed by atoms with Gasteiger partial charge in [-0.2, -0.15) is 0 Å². The maximum Gasteiger partial charge on any atom is 0.166 e. The number of rotatable bonds is 6. The summed E-state index contributed by atoms with van der Waals surface area (Å²) in [6, 6.07) is 7.22. The first-order chi connectivity index (χ1) is 7.77. The molecule has 2 heteroatoms. The summed E-state index contributed by atoms with van der Waals surface area (Å²) in [5, 5.41) is 0. The second-order valence-electron chi connectivity index (χ2n) is 3.62. The highest BCUT2D eigenvalue weighted by Gasteiger charge is 2.02. The van der Waals surface area contributed by atoms with Gasteiger partial charge in [-0.3, -0.25) is 4.79 Å². The minimum absolute atomic E-state index is 0.148. The van der Waals surface area contributed by atoms with Crippen molar-refractivity contribution in [2.45, 2.75) is 26.2 Å². The van der Waals surface area contributed by atoms with Gasteiger partial charge >= 0.3 is 0 Å². The van der Waals surface area contributed by atoms with Gasteiger partial charge in [0.2, 0.25) is 0 Å². The average Bonchev–Trinajstić information content (AvgIpc) is 2.34. The Morgan fingerprint density at radius 2 is 1.94 bits per heavy atom. The van der Waals surface area contributed by atoms with Crippen molar-refractivity contribution in [3.8, 4) is 5.75 Å². The van der Waals surface area contributed by atoms with Crippen molar-refractivity contribution in [1.29, 1.82) is 0 Å². The predicted octanol–water partition coefficient (Wildman–Crippen LogP) is 3.62. The van der Waals surface area contributed by atoms with Crippen molar-refractivity contribution in [3.63, 3.8) is 0 Å². The zero-order valence-corrected chi connectivity index (χ0v) is 9.90. The molecule has 0 saturated carbocycles. The van der Waals surface area contributed by atoms with Gasteiger partial charge in [-0.05, 0) is 30.7 Å². The minimum atomic E-state index is 0.148. The molecule has 2 nitrogen and oxygen atoms in total. The van der Waals surface area contributed by atoms with Gasteiger partial charge in [0.25, 0.3) is 0 Å². The lowest BCUT2D eigenvalue weighted by Gasteiger charge is -2.01. The second kappa shape index (κ2) is 6.83. The Balaban J connectivity index is 2.52. The molecule has 86 valence electrons. The molecule has 1 rings (SSSR count). The van der Waals surface area contributed by atoms with Crippen molar-refractivity contribution in [2.75, 3.05) is 7.11 Å². The Hall–Kier alpha value is -1.57. The molecule has 0 atom stereocenters. The van der Waals surface area contributed by atoms with Crippen LogP contribution in [0.4, 0.5) is 0 Å². The molecule has 0 aromatic heterocycles. The summed E-state index contributed by atoms with van der Waals surface area (Å²) in [5.41, 5.74) is 0.738. The maximum absolute atomic E-state index is 11.7. The zero-order valence-electron chi connectivity index (χ0n) is 9.90. The number of methoxy groups -OCH3 is 1. The van der Waals surface area contributed by atoms with E-state index in [2.05, 4.69) is 13.0 Å². The monoisotopic (exact) mass is 218 g/mol. The largest absolute Gasteiger partial charge is 0.497 e. The fourth-order valence-corrected chi connectivity index (χ4v) is 1.37. The van der Waals surface area contributed by atoms with Crippen LogP contribution >= 0.6 is 0 Å². The number of unbranched alkanes of at least 4 members (excludes halogenated alkanes) is 1. The van der Waals surface area contributed by atoms with Gasteiger partial charge in [-0.1, -0.05) is 25.5 Å². The topological polar surface area (TPSA) is 26.3 Å². The summed E-state index contributed by atoms with van der Waals surface area (Å²) in [7, 11) is 1.62. The van der Waals surface area contributed by atoms with Crippen molar-refractivity contribution >= 4 is 5.78 Å². The van der Waals surface area contributed by atoms with E-state index in [0.717, 1.165) is 24.2 Å². The minimum Gasteiger partial charge on any atom is -0.497 e. The van der Waals surface area contributed by atoms with Crippen LogP contribution in [0.15, 0.2) is 36.4 Å². The number of Topliss-reactive ketones (excluding diaryl/α,β-unsaturated/α-hetero) is 1. The first-order valence-electron chi connectivity index (χ1n) is 5.60. The van der Waals surface area contributed by atoms with Crippen LogP contribution in [-0.2, 0) is 0 Å². The molecule has 0 saturated heterocycles. The SMILES string of the molecule is CCC/C=C\CC(=O)c1ccc(OC)cc1. The first-order valence-corrected chi connectivity index (χ1v) is 5.60. The molecule has 0 aliphatic rings. The van der Waals surface area contributed by atoms with Crippen molar-refractivity contribution in [3.05, 3.63) is 42.0 Å². The highest BCUT2D eigenvalue weighted by molar-refractivity contribution is 5.97. The molecule has 0 spiro atoms. The van der Waals surface area contributed by atoms with Gasteiger partial charge in [0.1, 0.15) is 5.75 Å². The lowest BCUT2D eigenvalue weighted by molar-refractivity contribution is 0.0995. The molecule has 0 aliphatic heterocycles. The summed E-state index contributed by atoms with van der Waals surface area (Å²) in [6.07, 6.45) is 6.63. The van der Waals surface area contributed by atoms with Crippen LogP contribution in [0.25, 0.3) is 0 Å². The van der Waals surface area contributed by atoms with Crippen molar-refractivity contribution in [1.82, 2.24) is 0 Å². The molecule has 0 N–H and O–H groups in total. The summed E-state index contributed by atoms with van der Waals surface area (Å²) in [4.78, 5) is 11.7. The van der Waals surface area contributed by atoms with E-state index in [4.69, 9.17) is 4.74 Å². The molecule has 16 heavy (non-hydrogen) atoms. The standard InChI is InChI=1S/C14H18O2/c1-3-4-5-6-7-14(15)12-8-10-13(16-2)11-9-12/h5-6,8-11H,3-4,7H2,1-2H3/b6-5-. The number of ketones is 1. The number of carbonyl (C=O) groups excluding carboxylic acids is 1. The normalized spacial score (nSPS) is 10.6. The van der Waals surface area contributed by atoms with Crippen LogP contribution < -0.4 is 4.74 Å². The first kappa shape index (κ1) is 12.5. The summed E-state index contributed by atoms with van der Waals surface area (Å²) < 4.78 is 5.04. The zero-order chi connectivity index (χ0) is 11.8. The molecule has 0 heterocycles. The Bertz CT molecular complexity index is 350. The third-order valence-electron chi connectivity index (χ3n) is 2.34. The number of hydrogen-bond acceptors (Lipinski definition) is 2. The quantitative estimate of drug-likeness (QED) is 0.538. The Kier molecular flexibility index (Phi) is 5.34. The van der Waals surface area contributed by atoms with E-state index in [0.29, 0.717) is 6.42 Å². The lowest BCUT2D eigenvalue weighted by Crippen LogP contribution is -1.96. The van der Waals surface area contributed by atoms with E-state index in [1.165, 1.54) is 0 Å². The number of allylic oxidation sites excluding steroid dienone is 2. The van der Waals surface area contributed by atoms with Gasteiger partial charge in [0, 0.05) is 12.0 Å². The predicted molar refractivity (Wildman–Crippen MR) is 66.0 cm³/mol. The van der Waals surface area contributed by atoms with Crippen LogP contribution in [0, 0.1) is 0 Å².